The second-order valence-electron chi connectivity index (χ2n) is 6.45. The number of fused-ring (bicyclic) bond motifs is 1. The van der Waals surface area contributed by atoms with Crippen molar-refractivity contribution in [2.24, 2.45) is 0 Å². The fraction of sp³-hybridized carbons (Fsp3) is 0.0476. The lowest BCUT2D eigenvalue weighted by atomic mass is 10.0. The number of halogens is 2. The van der Waals surface area contributed by atoms with Crippen LogP contribution in [0.15, 0.2) is 75.7 Å². The van der Waals surface area contributed by atoms with Crippen molar-refractivity contribution in [3.63, 3.8) is 0 Å². The van der Waals surface area contributed by atoms with Gasteiger partial charge in [-0.1, -0.05) is 44.0 Å². The summed E-state index contributed by atoms with van der Waals surface area (Å²) < 4.78 is 1.61. The van der Waals surface area contributed by atoms with Crippen molar-refractivity contribution in [2.45, 2.75) is 6.17 Å². The molecule has 4 rings (SSSR count). The molecule has 1 unspecified atom stereocenters. The Bertz CT molecular complexity index is 1090. The highest BCUT2D eigenvalue weighted by molar-refractivity contribution is 9.10. The summed E-state index contributed by atoms with van der Waals surface area (Å²) in [4.78, 5) is 26.0. The average molecular weight is 517 g/mol. The predicted molar refractivity (Wildman–Crippen MR) is 116 cm³/mol. The first kappa shape index (κ1) is 19.5. The summed E-state index contributed by atoms with van der Waals surface area (Å²) in [7, 11) is 0. The predicted octanol–water partition coefficient (Wildman–Crippen LogP) is 4.83. The van der Waals surface area contributed by atoms with E-state index in [1.807, 2.05) is 6.07 Å². The molecule has 0 saturated carbocycles. The van der Waals surface area contributed by atoms with Gasteiger partial charge >= 0.3 is 0 Å². The number of hydrogen-bond donors (Lipinski definition) is 3. The van der Waals surface area contributed by atoms with Gasteiger partial charge in [0.2, 0.25) is 0 Å². The van der Waals surface area contributed by atoms with Gasteiger partial charge in [-0.3, -0.25) is 15.0 Å². The van der Waals surface area contributed by atoms with Gasteiger partial charge in [0.1, 0.15) is 11.9 Å². The maximum absolute atomic E-state index is 13.2. The Morgan fingerprint density at radius 3 is 2.31 bits per heavy atom. The van der Waals surface area contributed by atoms with Gasteiger partial charge < -0.3 is 10.4 Å². The Hall–Kier alpha value is -2.84. The van der Waals surface area contributed by atoms with Gasteiger partial charge in [0.25, 0.3) is 11.8 Å². The molecule has 1 atom stereocenters. The summed E-state index contributed by atoms with van der Waals surface area (Å²) in [6.45, 7) is 0. The average Bonchev–Trinajstić information content (AvgIpc) is 2.71. The minimum Gasteiger partial charge on any atom is -0.508 e. The SMILES string of the molecule is O=C(NN1C(=O)c2cc(Br)ccc2NC1c1ccc(O)cc1)c1ccc(Br)cc1. The lowest BCUT2D eigenvalue weighted by molar-refractivity contribution is 0.0491. The molecule has 0 saturated heterocycles. The van der Waals surface area contributed by atoms with Gasteiger partial charge in [0, 0.05) is 20.2 Å². The topological polar surface area (TPSA) is 81.7 Å². The lowest BCUT2D eigenvalue weighted by Crippen LogP contribution is -2.52. The van der Waals surface area contributed by atoms with Gasteiger partial charge in [0.05, 0.1) is 5.56 Å². The van der Waals surface area contributed by atoms with Crippen LogP contribution in [0.2, 0.25) is 0 Å². The number of aromatic hydroxyl groups is 1. The van der Waals surface area contributed by atoms with Crippen LogP contribution < -0.4 is 10.7 Å². The number of amides is 2. The number of hydrogen-bond acceptors (Lipinski definition) is 4. The van der Waals surface area contributed by atoms with Crippen LogP contribution in [-0.2, 0) is 0 Å². The summed E-state index contributed by atoms with van der Waals surface area (Å²) in [5.41, 5.74) is 4.94. The van der Waals surface area contributed by atoms with Gasteiger partial charge in [-0.25, -0.2) is 5.01 Å². The largest absolute Gasteiger partial charge is 0.508 e. The quantitative estimate of drug-likeness (QED) is 0.465. The van der Waals surface area contributed by atoms with Crippen LogP contribution in [0.4, 0.5) is 5.69 Å². The second kappa shape index (κ2) is 7.88. The molecule has 0 fully saturated rings. The number of nitrogens with zero attached hydrogens (tertiary/aromatic N) is 1. The number of anilines is 1. The van der Waals surface area contributed by atoms with Crippen molar-refractivity contribution in [1.82, 2.24) is 10.4 Å². The molecule has 1 aliphatic heterocycles. The number of nitrogens with one attached hydrogen (secondary N) is 2. The third-order valence-electron chi connectivity index (χ3n) is 4.52. The summed E-state index contributed by atoms with van der Waals surface area (Å²) in [6, 6.07) is 18.7. The van der Waals surface area contributed by atoms with Crippen molar-refractivity contribution in [3.05, 3.63) is 92.4 Å². The fourth-order valence-corrected chi connectivity index (χ4v) is 3.68. The van der Waals surface area contributed by atoms with Gasteiger partial charge in [-0.05, 0) is 60.2 Å². The van der Waals surface area contributed by atoms with E-state index in [9.17, 15) is 14.7 Å². The molecule has 8 heteroatoms. The number of rotatable bonds is 3. The maximum atomic E-state index is 13.2. The van der Waals surface area contributed by atoms with Crippen LogP contribution in [0.25, 0.3) is 0 Å². The number of hydrazine groups is 1. The van der Waals surface area contributed by atoms with E-state index in [2.05, 4.69) is 42.6 Å². The standard InChI is InChI=1S/C21H15Br2N3O3/c22-14-5-1-13(2-6-14)20(28)25-26-19(12-3-8-16(27)9-4-12)24-18-10-7-15(23)11-17(18)21(26)29/h1-11,19,24,27H,(H,25,28). The fourth-order valence-electron chi connectivity index (χ4n) is 3.06. The van der Waals surface area contributed by atoms with E-state index >= 15 is 0 Å². The zero-order valence-corrected chi connectivity index (χ0v) is 18.1. The summed E-state index contributed by atoms with van der Waals surface area (Å²) >= 11 is 6.72. The maximum Gasteiger partial charge on any atom is 0.276 e. The van der Waals surface area contributed by atoms with E-state index in [1.165, 1.54) is 17.1 Å². The smallest absolute Gasteiger partial charge is 0.276 e. The van der Waals surface area contributed by atoms with Crippen molar-refractivity contribution in [3.8, 4) is 5.75 Å². The molecule has 0 spiro atoms. The van der Waals surface area contributed by atoms with Crippen molar-refractivity contribution in [1.29, 1.82) is 0 Å². The van der Waals surface area contributed by atoms with Crippen molar-refractivity contribution >= 4 is 49.4 Å². The zero-order chi connectivity index (χ0) is 20.5. The molecule has 3 aromatic rings. The second-order valence-corrected chi connectivity index (χ2v) is 8.28. The number of carbonyl (C=O) groups is 2. The van der Waals surface area contributed by atoms with Crippen LogP contribution in [0, 0.1) is 0 Å². The number of carbonyl (C=O) groups excluding carboxylic acids is 2. The molecule has 0 radical (unpaired) electrons. The Labute approximate surface area is 183 Å². The molecule has 146 valence electrons. The van der Waals surface area contributed by atoms with Crippen molar-refractivity contribution < 1.29 is 14.7 Å². The van der Waals surface area contributed by atoms with Crippen LogP contribution in [-0.4, -0.2) is 21.9 Å². The van der Waals surface area contributed by atoms with Crippen LogP contribution in [0.1, 0.15) is 32.4 Å². The zero-order valence-electron chi connectivity index (χ0n) is 14.9. The Kier molecular flexibility index (Phi) is 5.29. The number of phenols is 1. The van der Waals surface area contributed by atoms with E-state index in [0.29, 0.717) is 22.4 Å². The molecular formula is C21H15Br2N3O3. The Morgan fingerprint density at radius 1 is 0.966 bits per heavy atom. The van der Waals surface area contributed by atoms with Gasteiger partial charge in [0.15, 0.2) is 0 Å². The number of benzene rings is 3. The normalized spacial score (nSPS) is 15.4. The highest BCUT2D eigenvalue weighted by atomic mass is 79.9. The Balaban J connectivity index is 1.72. The van der Waals surface area contributed by atoms with E-state index in [0.717, 1.165) is 8.95 Å². The van der Waals surface area contributed by atoms with E-state index in [1.54, 1.807) is 48.5 Å². The Morgan fingerprint density at radius 2 is 1.62 bits per heavy atom. The first-order valence-electron chi connectivity index (χ1n) is 8.67. The lowest BCUT2D eigenvalue weighted by Gasteiger charge is -2.37. The van der Waals surface area contributed by atoms with Gasteiger partial charge in [-0.2, -0.15) is 0 Å². The molecular weight excluding hydrogens is 502 g/mol. The van der Waals surface area contributed by atoms with Crippen molar-refractivity contribution in [2.75, 3.05) is 5.32 Å². The van der Waals surface area contributed by atoms with Crippen LogP contribution in [0.3, 0.4) is 0 Å². The molecule has 1 aliphatic rings. The third kappa shape index (κ3) is 3.99. The molecule has 3 N–H and O–H groups in total. The summed E-state index contributed by atoms with van der Waals surface area (Å²) in [5, 5.41) is 14.2. The van der Waals surface area contributed by atoms with E-state index in [-0.39, 0.29) is 11.7 Å². The molecule has 6 nitrogen and oxygen atoms in total. The van der Waals surface area contributed by atoms with E-state index in [4.69, 9.17) is 0 Å². The van der Waals surface area contributed by atoms with Crippen LogP contribution in [0.5, 0.6) is 5.75 Å². The minimum absolute atomic E-state index is 0.116. The van der Waals surface area contributed by atoms with E-state index < -0.39 is 12.1 Å². The minimum atomic E-state index is -0.642. The number of phenolic OH excluding ortho intramolecular Hbond substituents is 1. The molecule has 0 aliphatic carbocycles. The third-order valence-corrected chi connectivity index (χ3v) is 5.54. The molecule has 0 aromatic heterocycles. The first-order chi connectivity index (χ1) is 13.9. The summed E-state index contributed by atoms with van der Waals surface area (Å²) in [5.74, 6) is -0.635. The molecule has 0 bridgehead atoms. The molecule has 3 aromatic carbocycles. The molecule has 29 heavy (non-hydrogen) atoms. The highest BCUT2D eigenvalue weighted by Gasteiger charge is 2.34. The monoisotopic (exact) mass is 515 g/mol. The molecule has 1 heterocycles. The first-order valence-corrected chi connectivity index (χ1v) is 10.3. The van der Waals surface area contributed by atoms with Crippen LogP contribution >= 0.6 is 31.9 Å². The van der Waals surface area contributed by atoms with Gasteiger partial charge in [-0.15, -0.1) is 0 Å². The molecule has 2 amide bonds. The highest BCUT2D eigenvalue weighted by Crippen LogP contribution is 2.34. The summed E-state index contributed by atoms with van der Waals surface area (Å²) in [6.07, 6.45) is -0.642.